The molecule has 142 valence electrons. The number of aliphatic hydroxyl groups is 1. The topological polar surface area (TPSA) is 47.3 Å². The molecule has 0 aliphatic carbocycles. The zero-order valence-electron chi connectivity index (χ0n) is 14.4. The molecule has 0 unspecified atom stereocenters. The Hall–Kier alpha value is -2.23. The van der Waals surface area contributed by atoms with Gasteiger partial charge >= 0.3 is 6.18 Å². The molecule has 0 amide bonds. The minimum absolute atomic E-state index is 0.0147. The lowest BCUT2D eigenvalue weighted by atomic mass is 9.87. The maximum absolute atomic E-state index is 13.4. The fraction of sp³-hybridized carbons (Fsp3) is 0.350. The molecule has 2 aromatic rings. The van der Waals surface area contributed by atoms with Gasteiger partial charge in [-0.2, -0.15) is 18.4 Å². The van der Waals surface area contributed by atoms with Gasteiger partial charge in [-0.1, -0.05) is 23.7 Å². The minimum Gasteiger partial charge on any atom is -0.388 e. The summed E-state index contributed by atoms with van der Waals surface area (Å²) in [5.74, 6) is -0.0323. The summed E-state index contributed by atoms with van der Waals surface area (Å²) in [6.45, 7) is 0.814. The van der Waals surface area contributed by atoms with Gasteiger partial charge in [0.1, 0.15) is 0 Å². The normalized spacial score (nSPS) is 16.8. The zero-order chi connectivity index (χ0) is 19.6. The Bertz CT molecular complexity index is 838. The van der Waals surface area contributed by atoms with Crippen LogP contribution in [0.1, 0.15) is 35.6 Å². The molecule has 2 aromatic carbocycles. The van der Waals surface area contributed by atoms with Crippen LogP contribution in [0, 0.1) is 17.2 Å². The number of nitrogens with zero attached hydrogens (tertiary/aromatic N) is 2. The second-order valence-corrected chi connectivity index (χ2v) is 7.10. The van der Waals surface area contributed by atoms with Crippen LogP contribution < -0.4 is 4.90 Å². The van der Waals surface area contributed by atoms with Crippen LogP contribution in [-0.4, -0.2) is 18.2 Å². The monoisotopic (exact) mass is 394 g/mol. The van der Waals surface area contributed by atoms with Crippen molar-refractivity contribution in [1.29, 1.82) is 5.26 Å². The molecule has 3 rings (SSSR count). The van der Waals surface area contributed by atoms with Crippen molar-refractivity contribution in [2.75, 3.05) is 18.0 Å². The van der Waals surface area contributed by atoms with Crippen LogP contribution in [0.15, 0.2) is 42.5 Å². The fourth-order valence-electron chi connectivity index (χ4n) is 3.50. The molecule has 0 saturated carbocycles. The van der Waals surface area contributed by atoms with Crippen molar-refractivity contribution in [1.82, 2.24) is 0 Å². The number of aliphatic hydroxyl groups excluding tert-OH is 1. The number of piperidine rings is 1. The van der Waals surface area contributed by atoms with Gasteiger partial charge in [-0.05, 0) is 54.7 Å². The van der Waals surface area contributed by atoms with Crippen molar-refractivity contribution in [2.24, 2.45) is 5.92 Å². The number of rotatable bonds is 3. The van der Waals surface area contributed by atoms with Crippen molar-refractivity contribution < 1.29 is 18.3 Å². The molecule has 1 N–H and O–H groups in total. The van der Waals surface area contributed by atoms with Gasteiger partial charge in [0, 0.05) is 23.8 Å². The van der Waals surface area contributed by atoms with Gasteiger partial charge in [-0.25, -0.2) is 0 Å². The van der Waals surface area contributed by atoms with Gasteiger partial charge in [0.05, 0.1) is 23.3 Å². The van der Waals surface area contributed by atoms with E-state index >= 15 is 0 Å². The lowest BCUT2D eigenvalue weighted by Crippen LogP contribution is -2.36. The number of halogens is 4. The Morgan fingerprint density at radius 1 is 1.11 bits per heavy atom. The highest BCUT2D eigenvalue weighted by atomic mass is 35.5. The summed E-state index contributed by atoms with van der Waals surface area (Å²) in [5.41, 5.74) is 0.0329. The number of benzene rings is 2. The minimum atomic E-state index is -4.53. The molecular formula is C20H18ClF3N2O. The molecule has 1 heterocycles. The molecule has 0 bridgehead atoms. The van der Waals surface area contributed by atoms with E-state index < -0.39 is 17.8 Å². The van der Waals surface area contributed by atoms with Crippen molar-refractivity contribution in [3.63, 3.8) is 0 Å². The van der Waals surface area contributed by atoms with E-state index in [-0.39, 0.29) is 17.2 Å². The van der Waals surface area contributed by atoms with E-state index in [1.54, 1.807) is 35.2 Å². The first kappa shape index (κ1) is 19.5. The molecule has 1 atom stereocenters. The van der Waals surface area contributed by atoms with Crippen molar-refractivity contribution in [3.8, 4) is 6.07 Å². The van der Waals surface area contributed by atoms with E-state index in [1.807, 2.05) is 0 Å². The maximum atomic E-state index is 13.4. The van der Waals surface area contributed by atoms with Crippen LogP contribution in [0.25, 0.3) is 0 Å². The third-order valence-corrected chi connectivity index (χ3v) is 5.22. The SMILES string of the molecule is N#Cc1ccc(N2CCC([C@@H](O)c3ccc(Cl)cc3)CC2)c(C(F)(F)F)c1. The smallest absolute Gasteiger partial charge is 0.388 e. The molecule has 1 aliphatic heterocycles. The first-order valence-electron chi connectivity index (χ1n) is 8.59. The van der Waals surface area contributed by atoms with Gasteiger partial charge in [-0.15, -0.1) is 0 Å². The third kappa shape index (κ3) is 4.37. The molecule has 3 nitrogen and oxygen atoms in total. The van der Waals surface area contributed by atoms with E-state index in [1.165, 1.54) is 12.1 Å². The van der Waals surface area contributed by atoms with Crippen molar-refractivity contribution >= 4 is 17.3 Å². The number of hydrogen-bond donors (Lipinski definition) is 1. The number of nitriles is 1. The average molecular weight is 395 g/mol. The second-order valence-electron chi connectivity index (χ2n) is 6.66. The summed E-state index contributed by atoms with van der Waals surface area (Å²) in [4.78, 5) is 1.68. The van der Waals surface area contributed by atoms with Gasteiger partial charge in [-0.3, -0.25) is 0 Å². The van der Waals surface area contributed by atoms with E-state index in [2.05, 4.69) is 0 Å². The largest absolute Gasteiger partial charge is 0.418 e. The Kier molecular flexibility index (Phi) is 5.64. The molecular weight excluding hydrogens is 377 g/mol. The van der Waals surface area contributed by atoms with Gasteiger partial charge in [0.15, 0.2) is 0 Å². The molecule has 1 saturated heterocycles. The fourth-order valence-corrected chi connectivity index (χ4v) is 3.62. The number of hydrogen-bond acceptors (Lipinski definition) is 3. The Morgan fingerprint density at radius 3 is 2.30 bits per heavy atom. The molecule has 0 spiro atoms. The van der Waals surface area contributed by atoms with E-state index in [0.717, 1.165) is 11.6 Å². The van der Waals surface area contributed by atoms with Gasteiger partial charge < -0.3 is 10.0 Å². The predicted molar refractivity (Wildman–Crippen MR) is 97.5 cm³/mol. The second kappa shape index (κ2) is 7.79. The Balaban J connectivity index is 1.74. The highest BCUT2D eigenvalue weighted by Gasteiger charge is 2.36. The zero-order valence-corrected chi connectivity index (χ0v) is 15.1. The van der Waals surface area contributed by atoms with Gasteiger partial charge in [0.25, 0.3) is 0 Å². The van der Waals surface area contributed by atoms with E-state index in [4.69, 9.17) is 16.9 Å². The van der Waals surface area contributed by atoms with E-state index in [9.17, 15) is 18.3 Å². The first-order chi connectivity index (χ1) is 12.8. The summed E-state index contributed by atoms with van der Waals surface area (Å²) in [7, 11) is 0. The van der Waals surface area contributed by atoms with E-state index in [0.29, 0.717) is 31.0 Å². The summed E-state index contributed by atoms with van der Waals surface area (Å²) in [6.07, 6.45) is -4.06. The standard InChI is InChI=1S/C20H18ClF3N2O/c21-16-4-2-14(3-5-16)19(27)15-7-9-26(10-8-15)18-6-1-13(12-25)11-17(18)20(22,23)24/h1-6,11,15,19,27H,7-10H2/t19-/m0/s1. The summed E-state index contributed by atoms with van der Waals surface area (Å²) < 4.78 is 40.2. The molecule has 7 heteroatoms. The predicted octanol–water partition coefficient (Wildman–Crippen LogP) is 5.18. The van der Waals surface area contributed by atoms with Crippen LogP contribution in [0.4, 0.5) is 18.9 Å². The van der Waals surface area contributed by atoms with Crippen LogP contribution >= 0.6 is 11.6 Å². The van der Waals surface area contributed by atoms with Crippen molar-refractivity contribution in [3.05, 3.63) is 64.2 Å². The quantitative estimate of drug-likeness (QED) is 0.780. The lowest BCUT2D eigenvalue weighted by Gasteiger charge is -2.36. The highest BCUT2D eigenvalue weighted by molar-refractivity contribution is 6.30. The Labute approximate surface area is 160 Å². The Morgan fingerprint density at radius 2 is 1.74 bits per heavy atom. The number of alkyl halides is 3. The highest BCUT2D eigenvalue weighted by Crippen LogP contribution is 2.39. The first-order valence-corrected chi connectivity index (χ1v) is 8.97. The molecule has 1 fully saturated rings. The molecule has 0 radical (unpaired) electrons. The maximum Gasteiger partial charge on any atom is 0.418 e. The van der Waals surface area contributed by atoms with Gasteiger partial charge in [0.2, 0.25) is 0 Å². The molecule has 27 heavy (non-hydrogen) atoms. The van der Waals surface area contributed by atoms with Crippen LogP contribution in [0.2, 0.25) is 5.02 Å². The van der Waals surface area contributed by atoms with Crippen LogP contribution in [0.5, 0.6) is 0 Å². The number of anilines is 1. The summed E-state index contributed by atoms with van der Waals surface area (Å²) >= 11 is 5.86. The summed E-state index contributed by atoms with van der Waals surface area (Å²) in [5, 5.41) is 20.0. The lowest BCUT2D eigenvalue weighted by molar-refractivity contribution is -0.137. The third-order valence-electron chi connectivity index (χ3n) is 4.97. The average Bonchev–Trinajstić information content (AvgIpc) is 2.67. The van der Waals surface area contributed by atoms with Crippen molar-refractivity contribution in [2.45, 2.75) is 25.1 Å². The molecule has 1 aliphatic rings. The van der Waals surface area contributed by atoms with Crippen LogP contribution in [-0.2, 0) is 6.18 Å². The molecule has 0 aromatic heterocycles. The van der Waals surface area contributed by atoms with Crippen LogP contribution in [0.3, 0.4) is 0 Å². The summed E-state index contributed by atoms with van der Waals surface area (Å²) in [6, 6.07) is 12.4.